The van der Waals surface area contributed by atoms with Crippen LogP contribution in [0.2, 0.25) is 0 Å². The Morgan fingerprint density at radius 3 is 2.57 bits per heavy atom. The molecule has 1 saturated heterocycles. The Labute approximate surface area is 166 Å². The number of rotatable bonds is 6. The van der Waals surface area contributed by atoms with Crippen LogP contribution in [0.4, 0.5) is 11.4 Å². The van der Waals surface area contributed by atoms with Gasteiger partial charge < -0.3 is 4.74 Å². The summed E-state index contributed by atoms with van der Waals surface area (Å²) in [6.07, 6.45) is 1.34. The maximum absolute atomic E-state index is 13.1. The van der Waals surface area contributed by atoms with Crippen LogP contribution in [-0.4, -0.2) is 35.7 Å². The van der Waals surface area contributed by atoms with E-state index in [1.54, 1.807) is 38.1 Å². The minimum Gasteiger partial charge on any atom is -0.492 e. The molecule has 1 fully saturated rings. The number of aryl methyl sites for hydroxylation is 1. The van der Waals surface area contributed by atoms with Gasteiger partial charge >= 0.3 is 0 Å². The molecule has 1 heterocycles. The lowest BCUT2D eigenvalue weighted by Crippen LogP contribution is -2.38. The van der Waals surface area contributed by atoms with Gasteiger partial charge in [0.25, 0.3) is 10.0 Å². The van der Waals surface area contributed by atoms with Crippen molar-refractivity contribution in [1.29, 1.82) is 0 Å². The molecule has 152 valence electrons. The highest BCUT2D eigenvalue weighted by Gasteiger charge is 2.29. The zero-order valence-corrected chi connectivity index (χ0v) is 17.5. The van der Waals surface area contributed by atoms with Gasteiger partial charge in [-0.15, -0.1) is 0 Å². The van der Waals surface area contributed by atoms with Crippen molar-refractivity contribution in [2.24, 2.45) is 0 Å². The Hall–Kier alpha value is -2.26. The van der Waals surface area contributed by atoms with Gasteiger partial charge in [-0.1, -0.05) is 18.2 Å². The van der Waals surface area contributed by atoms with Gasteiger partial charge in [0.2, 0.25) is 10.0 Å². The third kappa shape index (κ3) is 4.25. The second kappa shape index (κ2) is 8.00. The van der Waals surface area contributed by atoms with Gasteiger partial charge in [-0.05, 0) is 56.5 Å². The summed E-state index contributed by atoms with van der Waals surface area (Å²) in [5.74, 6) is 0.241. The summed E-state index contributed by atoms with van der Waals surface area (Å²) in [4.78, 5) is -0.0872. The first-order valence-electron chi connectivity index (χ1n) is 9.10. The molecule has 0 unspecified atom stereocenters. The van der Waals surface area contributed by atoms with E-state index >= 15 is 0 Å². The molecule has 2 aromatic carbocycles. The van der Waals surface area contributed by atoms with Crippen LogP contribution in [0.15, 0.2) is 47.4 Å². The molecule has 1 N–H and O–H groups in total. The van der Waals surface area contributed by atoms with E-state index in [2.05, 4.69) is 4.72 Å². The van der Waals surface area contributed by atoms with Crippen LogP contribution in [0.3, 0.4) is 0 Å². The van der Waals surface area contributed by atoms with Crippen LogP contribution in [0.25, 0.3) is 0 Å². The summed E-state index contributed by atoms with van der Waals surface area (Å²) in [7, 11) is -7.44. The van der Waals surface area contributed by atoms with E-state index in [-0.39, 0.29) is 23.0 Å². The minimum atomic E-state index is -3.98. The summed E-state index contributed by atoms with van der Waals surface area (Å²) >= 11 is 0. The van der Waals surface area contributed by atoms with E-state index in [4.69, 9.17) is 4.74 Å². The van der Waals surface area contributed by atoms with Crippen LogP contribution in [0.5, 0.6) is 5.75 Å². The van der Waals surface area contributed by atoms with E-state index in [1.165, 1.54) is 16.4 Å². The fraction of sp³-hybridized carbons (Fsp3) is 0.368. The Balaban J connectivity index is 2.06. The summed E-state index contributed by atoms with van der Waals surface area (Å²) in [6.45, 7) is 4.18. The Kier molecular flexibility index (Phi) is 5.85. The largest absolute Gasteiger partial charge is 0.492 e. The fourth-order valence-corrected chi connectivity index (χ4v) is 6.03. The predicted octanol–water partition coefficient (Wildman–Crippen LogP) is 3.12. The number of hydrogen-bond donors (Lipinski definition) is 1. The first-order chi connectivity index (χ1) is 13.2. The summed E-state index contributed by atoms with van der Waals surface area (Å²) in [5.41, 5.74) is 1.56. The molecule has 0 bridgehead atoms. The monoisotopic (exact) mass is 424 g/mol. The second-order valence-electron chi connectivity index (χ2n) is 6.58. The molecule has 28 heavy (non-hydrogen) atoms. The number of sulfonamides is 2. The zero-order chi connectivity index (χ0) is 20.4. The summed E-state index contributed by atoms with van der Waals surface area (Å²) < 4.78 is 60.4. The van der Waals surface area contributed by atoms with Gasteiger partial charge in [-0.25, -0.2) is 16.8 Å². The molecule has 0 saturated carbocycles. The van der Waals surface area contributed by atoms with E-state index in [0.29, 0.717) is 24.3 Å². The Morgan fingerprint density at radius 2 is 1.89 bits per heavy atom. The fourth-order valence-electron chi connectivity index (χ4n) is 3.10. The number of benzene rings is 2. The molecular formula is C19H24N2O5S2. The van der Waals surface area contributed by atoms with E-state index in [0.717, 1.165) is 12.0 Å². The number of hydrogen-bond acceptors (Lipinski definition) is 5. The van der Waals surface area contributed by atoms with E-state index < -0.39 is 20.0 Å². The predicted molar refractivity (Wildman–Crippen MR) is 110 cm³/mol. The van der Waals surface area contributed by atoms with E-state index in [9.17, 15) is 16.8 Å². The van der Waals surface area contributed by atoms with Gasteiger partial charge in [-0.2, -0.15) is 0 Å². The molecule has 0 atom stereocenters. The smallest absolute Gasteiger partial charge is 0.265 e. The quantitative estimate of drug-likeness (QED) is 0.769. The molecule has 0 aliphatic carbocycles. The van der Waals surface area contributed by atoms with Crippen molar-refractivity contribution in [3.05, 3.63) is 48.0 Å². The first-order valence-corrected chi connectivity index (χ1v) is 12.2. The van der Waals surface area contributed by atoms with Crippen LogP contribution in [-0.2, 0) is 20.0 Å². The number of para-hydroxylation sites is 1. The third-order valence-electron chi connectivity index (χ3n) is 4.54. The van der Waals surface area contributed by atoms with Gasteiger partial charge in [0.05, 0.1) is 23.7 Å². The Morgan fingerprint density at radius 1 is 1.14 bits per heavy atom. The van der Waals surface area contributed by atoms with Crippen molar-refractivity contribution in [3.63, 3.8) is 0 Å². The lowest BCUT2D eigenvalue weighted by molar-refractivity contribution is 0.331. The maximum Gasteiger partial charge on any atom is 0.265 e. The minimum absolute atomic E-state index is 0.0593. The average Bonchev–Trinajstić information content (AvgIpc) is 2.64. The molecule has 0 aromatic heterocycles. The van der Waals surface area contributed by atoms with Crippen molar-refractivity contribution in [3.8, 4) is 5.75 Å². The van der Waals surface area contributed by atoms with Gasteiger partial charge in [0.15, 0.2) is 0 Å². The van der Waals surface area contributed by atoms with Crippen molar-refractivity contribution < 1.29 is 21.6 Å². The normalized spacial score (nSPS) is 16.6. The molecule has 7 nitrogen and oxygen atoms in total. The molecule has 1 aliphatic heterocycles. The van der Waals surface area contributed by atoms with Crippen molar-refractivity contribution >= 4 is 31.4 Å². The lowest BCUT2D eigenvalue weighted by Gasteiger charge is -2.29. The summed E-state index contributed by atoms with van der Waals surface area (Å²) in [6, 6.07) is 11.5. The van der Waals surface area contributed by atoms with Gasteiger partial charge in [0, 0.05) is 6.54 Å². The average molecular weight is 425 g/mol. The van der Waals surface area contributed by atoms with Crippen LogP contribution in [0.1, 0.15) is 25.3 Å². The molecule has 2 aromatic rings. The van der Waals surface area contributed by atoms with Crippen LogP contribution >= 0.6 is 0 Å². The molecular weight excluding hydrogens is 400 g/mol. The lowest BCUT2D eigenvalue weighted by atomic mass is 10.2. The molecule has 3 rings (SSSR count). The highest BCUT2D eigenvalue weighted by atomic mass is 32.2. The number of nitrogens with one attached hydrogen (secondary N) is 1. The number of ether oxygens (including phenoxy) is 1. The van der Waals surface area contributed by atoms with Crippen molar-refractivity contribution in [2.45, 2.75) is 31.6 Å². The third-order valence-corrected chi connectivity index (χ3v) is 7.80. The molecule has 0 amide bonds. The standard InChI is InChI=1S/C19H24N2O5S2/c1-3-26-18-11-10-16(21-12-6-7-13-27(21,22)23)14-19(18)28(24,25)20-17-9-5-4-8-15(17)2/h4-5,8-11,14,20H,3,6-7,12-13H2,1-2H3. The topological polar surface area (TPSA) is 92.8 Å². The van der Waals surface area contributed by atoms with Gasteiger partial charge in [-0.3, -0.25) is 9.03 Å². The van der Waals surface area contributed by atoms with E-state index in [1.807, 2.05) is 6.07 Å². The molecule has 0 radical (unpaired) electrons. The highest BCUT2D eigenvalue weighted by Crippen LogP contribution is 2.33. The first kappa shape index (κ1) is 20.5. The second-order valence-corrected chi connectivity index (χ2v) is 10.2. The van der Waals surface area contributed by atoms with Gasteiger partial charge in [0.1, 0.15) is 10.6 Å². The molecule has 9 heteroatoms. The van der Waals surface area contributed by atoms with Crippen molar-refractivity contribution in [1.82, 2.24) is 0 Å². The van der Waals surface area contributed by atoms with Crippen LogP contribution in [0, 0.1) is 6.92 Å². The molecule has 0 spiro atoms. The maximum atomic E-state index is 13.1. The summed E-state index contributed by atoms with van der Waals surface area (Å²) in [5, 5.41) is 0. The number of anilines is 2. The Bertz CT molecular complexity index is 1070. The highest BCUT2D eigenvalue weighted by molar-refractivity contribution is 7.93. The SMILES string of the molecule is CCOc1ccc(N2CCCCS2(=O)=O)cc1S(=O)(=O)Nc1ccccc1C. The number of nitrogens with zero attached hydrogens (tertiary/aromatic N) is 1. The van der Waals surface area contributed by atoms with Crippen LogP contribution < -0.4 is 13.8 Å². The zero-order valence-electron chi connectivity index (χ0n) is 15.9. The molecule has 1 aliphatic rings. The van der Waals surface area contributed by atoms with Crippen molar-refractivity contribution in [2.75, 3.05) is 27.9 Å².